The molecule has 6 heteroatoms. The van der Waals surface area contributed by atoms with E-state index in [1.165, 1.54) is 22.6 Å². The van der Waals surface area contributed by atoms with Crippen LogP contribution in [0.3, 0.4) is 0 Å². The first-order valence-corrected chi connectivity index (χ1v) is 11.9. The standard InChI is InChI=1S/C26H25N3O.C3H3NO/c27-17-20-6-1-2-7-21(20)22-8-5-9-24-23(22)16-25(28-24)18-10-12-19(13-11-18)26(30)29-14-3-4-15-29;5-3-1-2-4-3/h1-2,5-13,16,28H,3-4,14-15,17,27H2;1-2H,(H,4,5). The van der Waals surface area contributed by atoms with Gasteiger partial charge in [0.25, 0.3) is 5.91 Å². The number of H-pyrrole nitrogens is 1. The fourth-order valence-corrected chi connectivity index (χ4v) is 4.55. The fraction of sp³-hybridized carbons (Fsp3) is 0.172. The van der Waals surface area contributed by atoms with Crippen LogP contribution in [0.15, 0.2) is 85.1 Å². The number of fused-ring (bicyclic) bond motifs is 1. The molecule has 1 aromatic heterocycles. The van der Waals surface area contributed by atoms with Gasteiger partial charge >= 0.3 is 0 Å². The Kier molecular flexibility index (Phi) is 6.46. The molecule has 6 rings (SSSR count). The van der Waals surface area contributed by atoms with Crippen molar-refractivity contribution in [3.8, 4) is 22.4 Å². The Hall–Kier alpha value is -4.16. The average Bonchev–Trinajstić information content (AvgIpc) is 3.58. The van der Waals surface area contributed by atoms with Crippen molar-refractivity contribution in [3.63, 3.8) is 0 Å². The second-order valence-electron chi connectivity index (χ2n) is 8.73. The highest BCUT2D eigenvalue weighted by Crippen LogP contribution is 2.34. The van der Waals surface area contributed by atoms with Crippen LogP contribution in [-0.4, -0.2) is 34.8 Å². The molecule has 2 aliphatic heterocycles. The van der Waals surface area contributed by atoms with Crippen molar-refractivity contribution >= 4 is 22.7 Å². The number of carbonyl (C=O) groups is 2. The van der Waals surface area contributed by atoms with E-state index in [-0.39, 0.29) is 11.8 Å². The summed E-state index contributed by atoms with van der Waals surface area (Å²) in [6.07, 6.45) is 5.28. The molecular formula is C29H28N4O2. The molecule has 2 aliphatic rings. The maximum absolute atomic E-state index is 12.6. The summed E-state index contributed by atoms with van der Waals surface area (Å²) >= 11 is 0. The quantitative estimate of drug-likeness (QED) is 0.404. The summed E-state index contributed by atoms with van der Waals surface area (Å²) in [6.45, 7) is 2.25. The largest absolute Gasteiger partial charge is 0.355 e. The molecule has 4 N–H and O–H groups in total. The second kappa shape index (κ2) is 9.99. The van der Waals surface area contributed by atoms with Crippen LogP contribution in [0.25, 0.3) is 33.3 Å². The van der Waals surface area contributed by atoms with Crippen molar-refractivity contribution in [3.05, 3.63) is 96.2 Å². The Balaban J connectivity index is 0.000000453. The molecule has 0 atom stereocenters. The van der Waals surface area contributed by atoms with Crippen molar-refractivity contribution in [2.75, 3.05) is 13.1 Å². The van der Waals surface area contributed by atoms with Crippen LogP contribution in [0.1, 0.15) is 28.8 Å². The normalized spacial score (nSPS) is 14.3. The summed E-state index contributed by atoms with van der Waals surface area (Å²) in [4.78, 5) is 27.8. The molecule has 0 saturated carbocycles. The van der Waals surface area contributed by atoms with E-state index in [9.17, 15) is 9.59 Å². The highest BCUT2D eigenvalue weighted by atomic mass is 16.2. The Bertz CT molecular complexity index is 1400. The van der Waals surface area contributed by atoms with Crippen LogP contribution < -0.4 is 11.1 Å². The summed E-state index contributed by atoms with van der Waals surface area (Å²) in [6, 6.07) is 24.7. The van der Waals surface area contributed by atoms with Crippen molar-refractivity contribution in [1.82, 2.24) is 15.2 Å². The van der Waals surface area contributed by atoms with Gasteiger partial charge in [-0.1, -0.05) is 48.5 Å². The minimum absolute atomic E-state index is 0.00463. The minimum atomic E-state index is 0.00463. The lowest BCUT2D eigenvalue weighted by Gasteiger charge is -2.15. The van der Waals surface area contributed by atoms with E-state index in [2.05, 4.69) is 52.8 Å². The van der Waals surface area contributed by atoms with Gasteiger partial charge in [-0.15, -0.1) is 0 Å². The number of hydrogen-bond donors (Lipinski definition) is 3. The summed E-state index contributed by atoms with van der Waals surface area (Å²) in [5.41, 5.74) is 13.4. The Morgan fingerprint density at radius 3 is 2.26 bits per heavy atom. The SMILES string of the molecule is NCc1ccccc1-c1cccc2[nH]c(-c3ccc(C(=O)N4CCCC4)cc3)cc12.O=C1C=CN1. The molecule has 0 spiro atoms. The highest BCUT2D eigenvalue weighted by Gasteiger charge is 2.19. The lowest BCUT2D eigenvalue weighted by atomic mass is 9.96. The van der Waals surface area contributed by atoms with Crippen LogP contribution in [-0.2, 0) is 11.3 Å². The first-order valence-electron chi connectivity index (χ1n) is 11.9. The van der Waals surface area contributed by atoms with E-state index < -0.39 is 0 Å². The average molecular weight is 465 g/mol. The fourth-order valence-electron chi connectivity index (χ4n) is 4.55. The molecule has 0 unspecified atom stereocenters. The zero-order valence-electron chi connectivity index (χ0n) is 19.5. The molecular weight excluding hydrogens is 436 g/mol. The van der Waals surface area contributed by atoms with E-state index in [0.29, 0.717) is 6.54 Å². The van der Waals surface area contributed by atoms with E-state index >= 15 is 0 Å². The predicted octanol–water partition coefficient (Wildman–Crippen LogP) is 4.83. The van der Waals surface area contributed by atoms with Gasteiger partial charge in [-0.3, -0.25) is 9.59 Å². The Labute approximate surface area is 204 Å². The molecule has 4 aromatic rings. The summed E-state index contributed by atoms with van der Waals surface area (Å²) in [5.74, 6) is 0.140. The molecule has 1 fully saturated rings. The van der Waals surface area contributed by atoms with Crippen LogP contribution >= 0.6 is 0 Å². The molecule has 35 heavy (non-hydrogen) atoms. The smallest absolute Gasteiger partial charge is 0.253 e. The van der Waals surface area contributed by atoms with Gasteiger partial charge in [0.05, 0.1) is 0 Å². The number of aromatic nitrogens is 1. The van der Waals surface area contributed by atoms with Crippen LogP contribution in [0.4, 0.5) is 0 Å². The number of likely N-dealkylation sites (tertiary alicyclic amines) is 1. The summed E-state index contributed by atoms with van der Waals surface area (Å²) < 4.78 is 0. The van der Waals surface area contributed by atoms with Gasteiger partial charge < -0.3 is 20.9 Å². The molecule has 3 aromatic carbocycles. The third kappa shape index (κ3) is 4.74. The number of nitrogens with one attached hydrogen (secondary N) is 2. The van der Waals surface area contributed by atoms with Crippen molar-refractivity contribution in [2.24, 2.45) is 5.73 Å². The lowest BCUT2D eigenvalue weighted by molar-refractivity contribution is -0.117. The number of nitrogens with zero attached hydrogens (tertiary/aromatic N) is 1. The topological polar surface area (TPSA) is 91.2 Å². The van der Waals surface area contributed by atoms with E-state index in [4.69, 9.17) is 5.73 Å². The van der Waals surface area contributed by atoms with Gasteiger partial charge in [-0.05, 0) is 59.4 Å². The number of hydrogen-bond acceptors (Lipinski definition) is 3. The number of carbonyl (C=O) groups excluding carboxylic acids is 2. The monoisotopic (exact) mass is 464 g/mol. The zero-order valence-corrected chi connectivity index (χ0v) is 19.5. The second-order valence-corrected chi connectivity index (χ2v) is 8.73. The molecule has 2 amide bonds. The molecule has 3 heterocycles. The van der Waals surface area contributed by atoms with Crippen LogP contribution in [0.5, 0.6) is 0 Å². The summed E-state index contributed by atoms with van der Waals surface area (Å²) in [7, 11) is 0. The van der Waals surface area contributed by atoms with Crippen LogP contribution in [0, 0.1) is 0 Å². The third-order valence-corrected chi connectivity index (χ3v) is 6.49. The Morgan fingerprint density at radius 1 is 0.914 bits per heavy atom. The summed E-state index contributed by atoms with van der Waals surface area (Å²) in [5, 5.41) is 3.56. The van der Waals surface area contributed by atoms with Gasteiger partial charge in [0.15, 0.2) is 0 Å². The van der Waals surface area contributed by atoms with Crippen molar-refractivity contribution in [1.29, 1.82) is 0 Å². The van der Waals surface area contributed by atoms with Crippen molar-refractivity contribution < 1.29 is 9.59 Å². The zero-order chi connectivity index (χ0) is 24.2. The van der Waals surface area contributed by atoms with E-state index in [0.717, 1.165) is 53.8 Å². The van der Waals surface area contributed by atoms with E-state index in [1.54, 1.807) is 6.20 Å². The number of benzene rings is 3. The molecule has 6 nitrogen and oxygen atoms in total. The highest BCUT2D eigenvalue weighted by molar-refractivity contribution is 5.99. The van der Waals surface area contributed by atoms with Gasteiger partial charge in [0.1, 0.15) is 0 Å². The van der Waals surface area contributed by atoms with Gasteiger partial charge in [-0.2, -0.15) is 0 Å². The van der Waals surface area contributed by atoms with Gasteiger partial charge in [0, 0.05) is 54.1 Å². The first kappa shape index (κ1) is 22.6. The van der Waals surface area contributed by atoms with Crippen molar-refractivity contribution in [2.45, 2.75) is 19.4 Å². The first-order chi connectivity index (χ1) is 17.1. The van der Waals surface area contributed by atoms with Gasteiger partial charge in [0.2, 0.25) is 5.91 Å². The number of amides is 2. The molecule has 0 aliphatic carbocycles. The molecule has 1 saturated heterocycles. The van der Waals surface area contributed by atoms with Gasteiger partial charge in [-0.25, -0.2) is 0 Å². The Morgan fingerprint density at radius 2 is 1.60 bits per heavy atom. The number of nitrogens with two attached hydrogens (primary N) is 1. The maximum atomic E-state index is 12.6. The number of aromatic amines is 1. The molecule has 176 valence electrons. The predicted molar refractivity (Wildman–Crippen MR) is 139 cm³/mol. The molecule has 0 bridgehead atoms. The van der Waals surface area contributed by atoms with E-state index in [1.807, 2.05) is 35.2 Å². The minimum Gasteiger partial charge on any atom is -0.355 e. The van der Waals surface area contributed by atoms with Crippen LogP contribution in [0.2, 0.25) is 0 Å². The number of rotatable bonds is 4. The lowest BCUT2D eigenvalue weighted by Crippen LogP contribution is -2.27. The third-order valence-electron chi connectivity index (χ3n) is 6.49. The molecule has 0 radical (unpaired) electrons. The maximum Gasteiger partial charge on any atom is 0.253 e.